The number of carbonyl (C=O) groups excluding carboxylic acids is 1. The van der Waals surface area contributed by atoms with Gasteiger partial charge in [0.05, 0.1) is 22.6 Å². The summed E-state index contributed by atoms with van der Waals surface area (Å²) in [6.07, 6.45) is -1.86. The van der Waals surface area contributed by atoms with E-state index in [4.69, 9.17) is 9.05 Å². The highest BCUT2D eigenvalue weighted by Crippen LogP contribution is 2.32. The van der Waals surface area contributed by atoms with Crippen molar-refractivity contribution in [2.45, 2.75) is 19.1 Å². The number of nitrogens with one attached hydrogen (secondary N) is 3. The van der Waals surface area contributed by atoms with Gasteiger partial charge in [-0.3, -0.25) is 4.79 Å². The Hall–Kier alpha value is -4.75. The van der Waals surface area contributed by atoms with Crippen LogP contribution in [0.15, 0.2) is 58.0 Å². The Morgan fingerprint density at radius 1 is 1.09 bits per heavy atom. The predicted octanol–water partition coefficient (Wildman–Crippen LogP) is 4.25. The van der Waals surface area contributed by atoms with Crippen LogP contribution < -0.4 is 10.6 Å². The number of carbonyl (C=O) groups is 1. The first kappa shape index (κ1) is 22.1. The van der Waals surface area contributed by atoms with Gasteiger partial charge >= 0.3 is 6.18 Å². The lowest BCUT2D eigenvalue weighted by atomic mass is 10.2. The van der Waals surface area contributed by atoms with Gasteiger partial charge in [0.2, 0.25) is 5.76 Å². The van der Waals surface area contributed by atoms with Crippen molar-refractivity contribution in [3.63, 3.8) is 0 Å². The van der Waals surface area contributed by atoms with Crippen molar-refractivity contribution in [2.24, 2.45) is 0 Å². The van der Waals surface area contributed by atoms with Crippen molar-refractivity contribution in [3.05, 3.63) is 65.9 Å². The van der Waals surface area contributed by atoms with E-state index in [1.165, 1.54) is 30.8 Å². The topological polar surface area (TPSA) is 148 Å². The summed E-state index contributed by atoms with van der Waals surface area (Å²) < 4.78 is 48.9. The average Bonchev–Trinajstić information content (AvgIpc) is 3.58. The Labute approximate surface area is 193 Å². The van der Waals surface area contributed by atoms with Crippen molar-refractivity contribution in [1.82, 2.24) is 35.6 Å². The van der Waals surface area contributed by atoms with Gasteiger partial charge in [-0.15, -0.1) is 0 Å². The number of aromatic nitrogens is 6. The number of hydrogen-bond acceptors (Lipinski definition) is 9. The van der Waals surface area contributed by atoms with Crippen molar-refractivity contribution >= 4 is 28.6 Å². The molecule has 0 spiro atoms. The molecule has 3 N–H and O–H groups in total. The second kappa shape index (κ2) is 8.55. The van der Waals surface area contributed by atoms with Gasteiger partial charge in [0, 0.05) is 18.2 Å². The molecule has 178 valence electrons. The van der Waals surface area contributed by atoms with Gasteiger partial charge < -0.3 is 24.7 Å². The van der Waals surface area contributed by atoms with E-state index in [-0.39, 0.29) is 22.8 Å². The first-order chi connectivity index (χ1) is 16.8. The number of rotatable bonds is 6. The number of H-pyrrole nitrogens is 1. The third-order valence-electron chi connectivity index (χ3n) is 4.96. The summed E-state index contributed by atoms with van der Waals surface area (Å²) in [4.78, 5) is 27.7. The molecule has 0 saturated heterocycles. The van der Waals surface area contributed by atoms with Gasteiger partial charge in [-0.05, 0) is 25.1 Å². The maximum absolute atomic E-state index is 13.0. The lowest BCUT2D eigenvalue weighted by molar-refractivity contribution is -0.137. The highest BCUT2D eigenvalue weighted by molar-refractivity contribution is 5.93. The second-order valence-corrected chi connectivity index (χ2v) is 7.42. The highest BCUT2D eigenvalue weighted by Gasteiger charge is 2.31. The first-order valence-electron chi connectivity index (χ1n) is 10.1. The van der Waals surface area contributed by atoms with Crippen LogP contribution in [0.3, 0.4) is 0 Å². The molecular formula is C21H15F3N8O3. The van der Waals surface area contributed by atoms with Crippen LogP contribution in [0.5, 0.6) is 0 Å². The first-order valence-corrected chi connectivity index (χ1v) is 10.1. The molecule has 0 saturated carbocycles. The summed E-state index contributed by atoms with van der Waals surface area (Å²) in [5.41, 5.74) is 0.219. The minimum atomic E-state index is -4.47. The monoisotopic (exact) mass is 484 g/mol. The molecule has 35 heavy (non-hydrogen) atoms. The molecular weight excluding hydrogens is 469 g/mol. The second-order valence-electron chi connectivity index (χ2n) is 7.42. The van der Waals surface area contributed by atoms with Gasteiger partial charge in [-0.1, -0.05) is 10.3 Å². The van der Waals surface area contributed by atoms with Crippen molar-refractivity contribution < 1.29 is 27.0 Å². The molecule has 1 amide bonds. The summed E-state index contributed by atoms with van der Waals surface area (Å²) >= 11 is 0. The minimum absolute atomic E-state index is 0.0966. The standard InChI is InChI=1S/C21H15F3N8O3/c1-10(27-20(33)15-8-18(26-9-25-15)30-17-4-5-34-32-17)13-7-16(35-31-13)19-28-12-3-2-11(21(22,23)24)6-14(12)29-19/h2-10H,1H3,(H,27,33)(H,28,29)(H,25,26,30,32)/t10-/m0/s1. The van der Waals surface area contributed by atoms with E-state index in [0.29, 0.717) is 22.8 Å². The third kappa shape index (κ3) is 4.66. The molecule has 1 aromatic carbocycles. The summed E-state index contributed by atoms with van der Waals surface area (Å²) in [7, 11) is 0. The quantitative estimate of drug-likeness (QED) is 0.322. The average molecular weight is 484 g/mol. The van der Waals surface area contributed by atoms with Crippen LogP contribution in [0, 0.1) is 0 Å². The fraction of sp³-hybridized carbons (Fsp3) is 0.143. The number of alkyl halides is 3. The zero-order valence-corrected chi connectivity index (χ0v) is 17.8. The Balaban J connectivity index is 1.29. The number of nitrogens with zero attached hydrogens (tertiary/aromatic N) is 5. The summed E-state index contributed by atoms with van der Waals surface area (Å²) in [5.74, 6) is 0.673. The number of halogens is 3. The normalized spacial score (nSPS) is 12.6. The van der Waals surface area contributed by atoms with E-state index in [1.54, 1.807) is 13.0 Å². The van der Waals surface area contributed by atoms with Crippen LogP contribution in [-0.4, -0.2) is 36.2 Å². The fourth-order valence-corrected chi connectivity index (χ4v) is 3.21. The Morgan fingerprint density at radius 2 is 1.94 bits per heavy atom. The van der Waals surface area contributed by atoms with Crippen molar-refractivity contribution in [1.29, 1.82) is 0 Å². The van der Waals surface area contributed by atoms with Gasteiger partial charge in [0.25, 0.3) is 5.91 Å². The molecule has 0 radical (unpaired) electrons. The number of fused-ring (bicyclic) bond motifs is 1. The van der Waals surface area contributed by atoms with Crippen LogP contribution in [0.1, 0.15) is 34.7 Å². The molecule has 4 heterocycles. The number of benzene rings is 1. The molecule has 0 fully saturated rings. The maximum Gasteiger partial charge on any atom is 0.416 e. The van der Waals surface area contributed by atoms with Crippen LogP contribution in [-0.2, 0) is 6.18 Å². The van der Waals surface area contributed by atoms with E-state index in [1.807, 2.05) is 0 Å². The molecule has 14 heteroatoms. The number of aromatic amines is 1. The Bertz CT molecular complexity index is 1490. The minimum Gasteiger partial charge on any atom is -0.363 e. The van der Waals surface area contributed by atoms with Gasteiger partial charge in [-0.2, -0.15) is 13.2 Å². The molecule has 4 aromatic heterocycles. The third-order valence-corrected chi connectivity index (χ3v) is 4.96. The highest BCUT2D eigenvalue weighted by atomic mass is 19.4. The van der Waals surface area contributed by atoms with E-state index in [2.05, 4.69) is 40.9 Å². The van der Waals surface area contributed by atoms with Gasteiger partial charge in [-0.25, -0.2) is 15.0 Å². The number of amides is 1. The number of anilines is 2. The SMILES string of the molecule is C[C@H](NC(=O)c1cc(Nc2ccon2)ncn1)c1cc(-c2nc3ccc(C(F)(F)F)cc3[nH]2)on1. The largest absolute Gasteiger partial charge is 0.416 e. The van der Waals surface area contributed by atoms with E-state index in [0.717, 1.165) is 12.1 Å². The van der Waals surface area contributed by atoms with Crippen LogP contribution in [0.4, 0.5) is 24.8 Å². The van der Waals surface area contributed by atoms with E-state index < -0.39 is 23.7 Å². The summed E-state index contributed by atoms with van der Waals surface area (Å²) in [6, 6.07) is 7.17. The molecule has 0 aliphatic rings. The predicted molar refractivity (Wildman–Crippen MR) is 114 cm³/mol. The molecule has 11 nitrogen and oxygen atoms in total. The maximum atomic E-state index is 13.0. The lowest BCUT2D eigenvalue weighted by Gasteiger charge is -2.10. The van der Waals surface area contributed by atoms with Crippen molar-refractivity contribution in [2.75, 3.05) is 5.32 Å². The molecule has 0 unspecified atom stereocenters. The smallest absolute Gasteiger partial charge is 0.363 e. The van der Waals surface area contributed by atoms with Crippen molar-refractivity contribution in [3.8, 4) is 11.6 Å². The number of imidazole rings is 1. The van der Waals surface area contributed by atoms with Crippen LogP contribution in [0.25, 0.3) is 22.6 Å². The molecule has 5 aromatic rings. The Kier molecular flexibility index (Phi) is 5.39. The zero-order chi connectivity index (χ0) is 24.6. The molecule has 5 rings (SSSR count). The molecule has 0 bridgehead atoms. The van der Waals surface area contributed by atoms with E-state index >= 15 is 0 Å². The molecule has 1 atom stereocenters. The number of hydrogen-bond donors (Lipinski definition) is 3. The van der Waals surface area contributed by atoms with Crippen LogP contribution in [0.2, 0.25) is 0 Å². The van der Waals surface area contributed by atoms with Gasteiger partial charge in [0.1, 0.15) is 29.8 Å². The van der Waals surface area contributed by atoms with Gasteiger partial charge in [0.15, 0.2) is 11.6 Å². The molecule has 0 aliphatic carbocycles. The summed E-state index contributed by atoms with van der Waals surface area (Å²) in [5, 5.41) is 13.3. The summed E-state index contributed by atoms with van der Waals surface area (Å²) in [6.45, 7) is 1.68. The lowest BCUT2D eigenvalue weighted by Crippen LogP contribution is -2.27. The molecule has 0 aliphatic heterocycles. The Morgan fingerprint density at radius 3 is 2.71 bits per heavy atom. The van der Waals surface area contributed by atoms with E-state index in [9.17, 15) is 18.0 Å². The van der Waals surface area contributed by atoms with Crippen LogP contribution >= 0.6 is 0 Å². The zero-order valence-electron chi connectivity index (χ0n) is 17.8. The fourth-order valence-electron chi connectivity index (χ4n) is 3.21.